The van der Waals surface area contributed by atoms with Gasteiger partial charge in [-0.1, -0.05) is 86.9 Å². The maximum absolute atomic E-state index is 12.3. The number of hydrogen-bond acceptors (Lipinski definition) is 11. The summed E-state index contributed by atoms with van der Waals surface area (Å²) >= 11 is 0. The van der Waals surface area contributed by atoms with Crippen molar-refractivity contribution in [3.8, 4) is 0 Å². The summed E-state index contributed by atoms with van der Waals surface area (Å²) in [5.41, 5.74) is 1.91. The number of methoxy groups -OCH3 is 3. The molecule has 0 aromatic heterocycles. The van der Waals surface area contributed by atoms with Gasteiger partial charge >= 0.3 is 23.9 Å². The average molecular weight is 811 g/mol. The van der Waals surface area contributed by atoms with E-state index in [-0.39, 0.29) is 22.2 Å². The van der Waals surface area contributed by atoms with Crippen LogP contribution in [-0.2, 0) is 56.0 Å². The minimum Gasteiger partial charge on any atom is -0.468 e. The van der Waals surface area contributed by atoms with Crippen molar-refractivity contribution < 1.29 is 65.9 Å². The number of hydrogen-bond donors (Lipinski definition) is 0. The van der Waals surface area contributed by atoms with Gasteiger partial charge in [-0.05, 0) is 44.1 Å². The summed E-state index contributed by atoms with van der Waals surface area (Å²) in [6.45, 7) is 20.3. The lowest BCUT2D eigenvalue weighted by Gasteiger charge is -2.32. The van der Waals surface area contributed by atoms with Crippen molar-refractivity contribution in [2.24, 2.45) is 5.41 Å². The highest BCUT2D eigenvalue weighted by atomic mass is 28.3. The summed E-state index contributed by atoms with van der Waals surface area (Å²) < 4.78 is 56.6. The summed E-state index contributed by atoms with van der Waals surface area (Å²) in [5, 5.41) is 0. The summed E-state index contributed by atoms with van der Waals surface area (Å²) in [5.74, 6) is -1.70. The van der Waals surface area contributed by atoms with Gasteiger partial charge < -0.3 is 23.7 Å². The Balaban J connectivity index is -0.000000728. The van der Waals surface area contributed by atoms with E-state index in [1.54, 1.807) is 21.0 Å². The molecule has 0 radical (unpaired) electrons. The predicted molar refractivity (Wildman–Crippen MR) is 203 cm³/mol. The topological polar surface area (TPSA) is 121 Å². The number of rotatable bonds is 14. The lowest BCUT2D eigenvalue weighted by Crippen LogP contribution is -2.46. The molecule has 3 atom stereocenters. The van der Waals surface area contributed by atoms with Gasteiger partial charge in [-0.2, -0.15) is 0 Å². The smallest absolute Gasteiger partial charge is 0.336 e. The standard InChI is InChI=1S/C17H23NO4.C13H23NOSi.C8H12O4.2F2.FH/c1-13(22-14(2)19)17(16(20)21-3)9-10-18(12-17)11-15-7-5-4-6-8-15;1-15-11-14(12-16(2,3)4)10-13-8-6-5-7-9-13;1-5(8(10)11-4)6(2)12-7(3)9;2*1-2;/h4-8,13H,9-12H2,1-3H3;5-9H,10-12H2,1-4H3;6H,1H2,2-4H3;;;1H. The third-order valence-corrected chi connectivity index (χ3v) is 9.28. The zero-order valence-corrected chi connectivity index (χ0v) is 34.6. The van der Waals surface area contributed by atoms with E-state index in [9.17, 15) is 19.2 Å². The fraction of sp³-hybridized carbons (Fsp3) is 0.526. The Morgan fingerprint density at radius 1 is 0.836 bits per heavy atom. The van der Waals surface area contributed by atoms with E-state index < -0.39 is 37.6 Å². The van der Waals surface area contributed by atoms with Gasteiger partial charge in [-0.25, -0.2) is 4.79 Å². The first-order valence-corrected chi connectivity index (χ1v) is 20.7. The number of benzene rings is 2. The molecule has 3 unspecified atom stereocenters. The second kappa shape index (κ2) is 30.1. The van der Waals surface area contributed by atoms with E-state index >= 15 is 0 Å². The van der Waals surface area contributed by atoms with Gasteiger partial charge in [0, 0.05) is 58.9 Å². The highest BCUT2D eigenvalue weighted by Gasteiger charge is 2.51. The van der Waals surface area contributed by atoms with Crippen LogP contribution in [0.4, 0.5) is 23.0 Å². The second-order valence-corrected chi connectivity index (χ2v) is 19.0. The van der Waals surface area contributed by atoms with Gasteiger partial charge in [0.05, 0.1) is 34.6 Å². The number of esters is 4. The second-order valence-electron chi connectivity index (χ2n) is 13.6. The highest BCUT2D eigenvalue weighted by Crippen LogP contribution is 2.37. The highest BCUT2D eigenvalue weighted by molar-refractivity contribution is 6.76. The fourth-order valence-corrected chi connectivity index (χ4v) is 7.12. The summed E-state index contributed by atoms with van der Waals surface area (Å²) in [7, 11) is 3.32. The Morgan fingerprint density at radius 2 is 1.33 bits per heavy atom. The van der Waals surface area contributed by atoms with Gasteiger partial charge in [0.25, 0.3) is 0 Å². The number of likely N-dealkylation sites (tertiary alicyclic amines) is 1. The zero-order valence-electron chi connectivity index (χ0n) is 33.6. The molecule has 0 bridgehead atoms. The van der Waals surface area contributed by atoms with Crippen LogP contribution in [0.3, 0.4) is 0 Å². The van der Waals surface area contributed by atoms with Crippen LogP contribution in [0.15, 0.2) is 72.8 Å². The number of carbonyl (C=O) groups excluding carboxylic acids is 4. The first-order valence-electron chi connectivity index (χ1n) is 17.0. The largest absolute Gasteiger partial charge is 0.468 e. The zero-order chi connectivity index (χ0) is 41.9. The van der Waals surface area contributed by atoms with Crippen LogP contribution >= 0.6 is 0 Å². The number of carbonyl (C=O) groups is 4. The van der Waals surface area contributed by atoms with Crippen LogP contribution in [0.1, 0.15) is 45.2 Å². The van der Waals surface area contributed by atoms with E-state index in [0.717, 1.165) is 26.4 Å². The van der Waals surface area contributed by atoms with E-state index in [0.29, 0.717) is 13.0 Å². The molecular weight excluding hydrogens is 751 g/mol. The fourth-order valence-electron chi connectivity index (χ4n) is 5.58. The van der Waals surface area contributed by atoms with E-state index in [2.05, 4.69) is 83.2 Å². The van der Waals surface area contributed by atoms with Crippen molar-refractivity contribution in [1.82, 2.24) is 9.80 Å². The van der Waals surface area contributed by atoms with Crippen molar-refractivity contribution in [1.29, 1.82) is 0 Å². The van der Waals surface area contributed by atoms with Crippen molar-refractivity contribution in [3.05, 3.63) is 83.9 Å². The van der Waals surface area contributed by atoms with Crippen molar-refractivity contribution in [2.45, 2.75) is 79.1 Å². The summed E-state index contributed by atoms with van der Waals surface area (Å²) in [6, 6.07) is 20.7. The molecule has 17 heteroatoms. The van der Waals surface area contributed by atoms with Crippen LogP contribution in [-0.4, -0.2) is 101 Å². The Morgan fingerprint density at radius 3 is 1.75 bits per heavy atom. The molecule has 1 saturated heterocycles. The van der Waals surface area contributed by atoms with Gasteiger partial charge in [0.15, 0.2) is 0 Å². The Bertz CT molecular complexity index is 1380. The third-order valence-electron chi connectivity index (χ3n) is 7.88. The lowest BCUT2D eigenvalue weighted by atomic mass is 9.81. The Labute approximate surface area is 323 Å². The SMILES string of the molecule is C=C(C(=O)OC)C(C)OC(C)=O.COC(=O)C1(C(C)OC(C)=O)CCN(Cc2ccccc2)C1.COCN(Cc1ccccc1)C[Si](C)(C)C.F.FF.FF. The van der Waals surface area contributed by atoms with E-state index in [4.69, 9.17) is 37.2 Å². The summed E-state index contributed by atoms with van der Waals surface area (Å²) in [4.78, 5) is 49.4. The Hall–Kier alpha value is -4.19. The normalized spacial score (nSPS) is 15.5. The van der Waals surface area contributed by atoms with Crippen LogP contribution in [0, 0.1) is 5.41 Å². The molecule has 0 aliphatic carbocycles. The minimum absolute atomic E-state index is 0. The van der Waals surface area contributed by atoms with E-state index in [1.165, 1.54) is 45.4 Å². The van der Waals surface area contributed by atoms with Crippen LogP contribution in [0.2, 0.25) is 19.6 Å². The molecule has 1 aliphatic rings. The molecule has 0 amide bonds. The Kier molecular flexibility index (Phi) is 30.2. The molecule has 0 N–H and O–H groups in total. The quantitative estimate of drug-likeness (QED) is 0.0472. The summed E-state index contributed by atoms with van der Waals surface area (Å²) in [6.07, 6.45) is 0.671. The van der Waals surface area contributed by atoms with Gasteiger partial charge in [0.2, 0.25) is 0 Å². The predicted octanol–water partition coefficient (Wildman–Crippen LogP) is 7.47. The molecule has 314 valence electrons. The van der Waals surface area contributed by atoms with Crippen molar-refractivity contribution in [3.63, 3.8) is 0 Å². The molecule has 55 heavy (non-hydrogen) atoms. The van der Waals surface area contributed by atoms with Gasteiger partial charge in [-0.3, -0.25) is 28.9 Å². The monoisotopic (exact) mass is 810 g/mol. The number of nitrogens with zero attached hydrogens (tertiary/aromatic N) is 2. The van der Waals surface area contributed by atoms with Gasteiger partial charge in [-0.15, -0.1) is 0 Å². The maximum atomic E-state index is 12.3. The molecule has 2 aromatic rings. The molecular formula is C38H59F5N2O9Si. The molecule has 11 nitrogen and oxygen atoms in total. The average Bonchev–Trinajstić information content (AvgIpc) is 3.57. The number of halogens is 5. The minimum atomic E-state index is -1.07. The first-order chi connectivity index (χ1) is 25.5. The molecule has 0 spiro atoms. The van der Waals surface area contributed by atoms with Crippen molar-refractivity contribution >= 4 is 32.0 Å². The molecule has 3 rings (SSSR count). The van der Waals surface area contributed by atoms with Crippen molar-refractivity contribution in [2.75, 3.05) is 47.3 Å². The molecule has 1 heterocycles. The first kappa shape index (κ1) is 55.1. The molecule has 1 aliphatic heterocycles. The molecule has 0 saturated carbocycles. The number of ether oxygens (including phenoxy) is 5. The third kappa shape index (κ3) is 22.7. The van der Waals surface area contributed by atoms with E-state index in [1.807, 2.05) is 18.2 Å². The molecule has 1 fully saturated rings. The lowest BCUT2D eigenvalue weighted by molar-refractivity contribution is -0.168. The van der Waals surface area contributed by atoms with Crippen LogP contribution in [0.25, 0.3) is 0 Å². The van der Waals surface area contributed by atoms with Crippen LogP contribution < -0.4 is 0 Å². The maximum Gasteiger partial charge on any atom is 0.336 e. The van der Waals surface area contributed by atoms with Crippen LogP contribution in [0.5, 0.6) is 0 Å². The van der Waals surface area contributed by atoms with Gasteiger partial charge in [0.1, 0.15) is 17.6 Å². The molecule has 2 aromatic carbocycles.